The maximum atomic E-state index is 6.00. The van der Waals surface area contributed by atoms with Crippen molar-refractivity contribution < 1.29 is 0 Å². The molecular formula is C15H17N3. The van der Waals surface area contributed by atoms with Crippen molar-refractivity contribution in [1.82, 2.24) is 0 Å². The Morgan fingerprint density at radius 1 is 1.17 bits per heavy atom. The van der Waals surface area contributed by atoms with Crippen LogP contribution in [0.15, 0.2) is 64.1 Å². The predicted octanol–water partition coefficient (Wildman–Crippen LogP) is 2.70. The van der Waals surface area contributed by atoms with Crippen molar-refractivity contribution in [2.24, 2.45) is 15.7 Å². The number of nitrogens with two attached hydrogens (primary N) is 1. The quantitative estimate of drug-likeness (QED) is 0.626. The summed E-state index contributed by atoms with van der Waals surface area (Å²) >= 11 is 0. The van der Waals surface area contributed by atoms with E-state index in [1.807, 2.05) is 36.4 Å². The highest BCUT2D eigenvalue weighted by Gasteiger charge is 2.06. The van der Waals surface area contributed by atoms with Gasteiger partial charge in [-0.2, -0.15) is 0 Å². The van der Waals surface area contributed by atoms with E-state index in [0.717, 1.165) is 24.0 Å². The Hall–Kier alpha value is -2.16. The van der Waals surface area contributed by atoms with Gasteiger partial charge in [-0.1, -0.05) is 48.6 Å². The molecule has 1 aromatic carbocycles. The Labute approximate surface area is 107 Å². The molecule has 0 saturated carbocycles. The van der Waals surface area contributed by atoms with E-state index in [-0.39, 0.29) is 0 Å². The van der Waals surface area contributed by atoms with Gasteiger partial charge in [0.2, 0.25) is 0 Å². The summed E-state index contributed by atoms with van der Waals surface area (Å²) in [6, 6.07) is 9.73. The highest BCUT2D eigenvalue weighted by atomic mass is 15.0. The van der Waals surface area contributed by atoms with Crippen LogP contribution in [0.4, 0.5) is 0 Å². The minimum absolute atomic E-state index is 0.496. The molecule has 0 amide bonds. The van der Waals surface area contributed by atoms with Gasteiger partial charge in [-0.05, 0) is 12.8 Å². The van der Waals surface area contributed by atoms with Crippen LogP contribution in [0.3, 0.4) is 0 Å². The van der Waals surface area contributed by atoms with Crippen LogP contribution in [0.1, 0.15) is 18.4 Å². The molecule has 0 heterocycles. The van der Waals surface area contributed by atoms with Crippen molar-refractivity contribution in [2.45, 2.75) is 12.8 Å². The molecule has 2 N–H and O–H groups in total. The number of nitrogens with zero attached hydrogens (tertiary/aromatic N) is 2. The normalized spacial score (nSPS) is 16.6. The van der Waals surface area contributed by atoms with Crippen LogP contribution in [0.5, 0.6) is 0 Å². The summed E-state index contributed by atoms with van der Waals surface area (Å²) < 4.78 is 0. The Balaban J connectivity index is 2.25. The fraction of sp³-hybridized carbons (Fsp3) is 0.200. The molecule has 1 aromatic rings. The van der Waals surface area contributed by atoms with Crippen LogP contribution in [-0.4, -0.2) is 18.7 Å². The summed E-state index contributed by atoms with van der Waals surface area (Å²) in [6.45, 7) is 0. The van der Waals surface area contributed by atoms with Gasteiger partial charge < -0.3 is 5.73 Å². The first-order valence-electron chi connectivity index (χ1n) is 6.04. The fourth-order valence-corrected chi connectivity index (χ4v) is 1.81. The molecule has 0 spiro atoms. The standard InChI is InChI=1S/C15H17N3/c1-17-15(13-10-6-3-7-11-13)18-14(16)12-8-4-2-5-9-12/h2,4-6,8-11H,3,7H2,1H3,(H2,16,17,18). The molecule has 3 nitrogen and oxygen atoms in total. The molecule has 18 heavy (non-hydrogen) atoms. The predicted molar refractivity (Wildman–Crippen MR) is 77.0 cm³/mol. The van der Waals surface area contributed by atoms with Gasteiger partial charge in [0.15, 0.2) is 5.84 Å². The van der Waals surface area contributed by atoms with Crippen molar-refractivity contribution >= 4 is 11.7 Å². The smallest absolute Gasteiger partial charge is 0.156 e. The average molecular weight is 239 g/mol. The van der Waals surface area contributed by atoms with E-state index in [2.05, 4.69) is 22.1 Å². The topological polar surface area (TPSA) is 50.7 Å². The molecular weight excluding hydrogens is 222 g/mol. The summed E-state index contributed by atoms with van der Waals surface area (Å²) in [5.74, 6) is 1.18. The molecule has 0 aliphatic heterocycles. The molecule has 1 aliphatic carbocycles. The van der Waals surface area contributed by atoms with E-state index in [4.69, 9.17) is 5.73 Å². The highest BCUT2D eigenvalue weighted by Crippen LogP contribution is 2.12. The van der Waals surface area contributed by atoms with Crippen LogP contribution in [-0.2, 0) is 0 Å². The molecule has 0 bridgehead atoms. The molecule has 1 aliphatic rings. The molecule has 0 atom stereocenters. The number of hydrogen-bond acceptors (Lipinski definition) is 1. The molecule has 92 valence electrons. The maximum Gasteiger partial charge on any atom is 0.156 e. The minimum atomic E-state index is 0.496. The van der Waals surface area contributed by atoms with E-state index < -0.39 is 0 Å². The van der Waals surface area contributed by atoms with Gasteiger partial charge >= 0.3 is 0 Å². The molecule has 3 heteroatoms. The van der Waals surface area contributed by atoms with Gasteiger partial charge in [0.05, 0.1) is 0 Å². The first-order chi connectivity index (χ1) is 8.81. The second-order valence-electron chi connectivity index (χ2n) is 4.05. The third-order valence-electron chi connectivity index (χ3n) is 2.76. The number of aliphatic imine (C=N–C) groups is 2. The van der Waals surface area contributed by atoms with Gasteiger partial charge in [0.1, 0.15) is 5.84 Å². The first kappa shape index (κ1) is 12.3. The number of hydrogen-bond donors (Lipinski definition) is 1. The minimum Gasteiger partial charge on any atom is -0.383 e. The number of allylic oxidation sites excluding steroid dienone is 2. The molecule has 0 radical (unpaired) electrons. The van der Waals surface area contributed by atoms with Gasteiger partial charge in [0.25, 0.3) is 0 Å². The number of rotatable bonds is 2. The van der Waals surface area contributed by atoms with E-state index in [1.165, 1.54) is 0 Å². The second kappa shape index (κ2) is 5.96. The number of amidine groups is 2. The van der Waals surface area contributed by atoms with Gasteiger partial charge in [-0.25, -0.2) is 4.99 Å². The van der Waals surface area contributed by atoms with E-state index >= 15 is 0 Å². The molecule has 2 rings (SSSR count). The third-order valence-corrected chi connectivity index (χ3v) is 2.76. The van der Waals surface area contributed by atoms with Gasteiger partial charge in [-0.15, -0.1) is 0 Å². The monoisotopic (exact) mass is 239 g/mol. The summed E-state index contributed by atoms with van der Waals surface area (Å²) in [7, 11) is 1.74. The summed E-state index contributed by atoms with van der Waals surface area (Å²) in [6.07, 6.45) is 8.44. The zero-order valence-electron chi connectivity index (χ0n) is 10.5. The molecule has 0 aromatic heterocycles. The molecule has 0 unspecified atom stereocenters. The van der Waals surface area contributed by atoms with Crippen molar-refractivity contribution in [3.8, 4) is 0 Å². The van der Waals surface area contributed by atoms with Crippen molar-refractivity contribution in [3.63, 3.8) is 0 Å². The van der Waals surface area contributed by atoms with Crippen LogP contribution in [0.25, 0.3) is 0 Å². The van der Waals surface area contributed by atoms with Crippen molar-refractivity contribution in [3.05, 3.63) is 59.7 Å². The van der Waals surface area contributed by atoms with Crippen molar-refractivity contribution in [1.29, 1.82) is 0 Å². The lowest BCUT2D eigenvalue weighted by Crippen LogP contribution is -2.16. The maximum absolute atomic E-state index is 6.00. The van der Waals surface area contributed by atoms with Crippen LogP contribution >= 0.6 is 0 Å². The Morgan fingerprint density at radius 3 is 2.56 bits per heavy atom. The van der Waals surface area contributed by atoms with E-state index in [9.17, 15) is 0 Å². The lowest BCUT2D eigenvalue weighted by molar-refractivity contribution is 1.03. The number of benzene rings is 1. The summed E-state index contributed by atoms with van der Waals surface area (Å²) in [4.78, 5) is 8.62. The SMILES string of the molecule is CN=C(N=C(N)c1ccccc1)C1=CCCC=C1. The Kier molecular flexibility index (Phi) is 4.07. The average Bonchev–Trinajstić information content (AvgIpc) is 2.46. The summed E-state index contributed by atoms with van der Waals surface area (Å²) in [5.41, 5.74) is 7.96. The lowest BCUT2D eigenvalue weighted by atomic mass is 10.1. The molecule has 0 fully saturated rings. The Bertz CT molecular complexity index is 522. The fourth-order valence-electron chi connectivity index (χ4n) is 1.81. The molecule has 0 saturated heterocycles. The first-order valence-corrected chi connectivity index (χ1v) is 6.04. The lowest BCUT2D eigenvalue weighted by Gasteiger charge is -2.07. The van der Waals surface area contributed by atoms with Crippen LogP contribution in [0, 0.1) is 0 Å². The van der Waals surface area contributed by atoms with Gasteiger partial charge in [0, 0.05) is 18.2 Å². The second-order valence-corrected chi connectivity index (χ2v) is 4.05. The Morgan fingerprint density at radius 2 is 1.94 bits per heavy atom. The zero-order valence-corrected chi connectivity index (χ0v) is 10.5. The van der Waals surface area contributed by atoms with Crippen molar-refractivity contribution in [2.75, 3.05) is 7.05 Å². The highest BCUT2D eigenvalue weighted by molar-refractivity contribution is 6.11. The van der Waals surface area contributed by atoms with E-state index in [0.29, 0.717) is 11.7 Å². The third kappa shape index (κ3) is 2.94. The zero-order chi connectivity index (χ0) is 12.8. The van der Waals surface area contributed by atoms with Crippen LogP contribution in [0.2, 0.25) is 0 Å². The van der Waals surface area contributed by atoms with Gasteiger partial charge in [-0.3, -0.25) is 4.99 Å². The summed E-state index contributed by atoms with van der Waals surface area (Å²) in [5, 5.41) is 0. The largest absolute Gasteiger partial charge is 0.383 e. The van der Waals surface area contributed by atoms with Crippen LogP contribution < -0.4 is 5.73 Å². The van der Waals surface area contributed by atoms with E-state index in [1.54, 1.807) is 7.05 Å².